The van der Waals surface area contributed by atoms with Gasteiger partial charge in [0.15, 0.2) is 34.5 Å². The van der Waals surface area contributed by atoms with Gasteiger partial charge in [-0.3, -0.25) is 29.1 Å². The van der Waals surface area contributed by atoms with Crippen molar-refractivity contribution in [2.24, 2.45) is 70.3 Å². The van der Waals surface area contributed by atoms with E-state index in [0.717, 1.165) is 38.5 Å². The van der Waals surface area contributed by atoms with Crippen molar-refractivity contribution in [3.05, 3.63) is 69.8 Å². The lowest BCUT2D eigenvalue weighted by molar-refractivity contribution is -0.161. The monoisotopic (exact) mass is 1320 g/mol. The number of methoxy groups -OCH3 is 6. The van der Waals surface area contributed by atoms with Crippen LogP contribution in [0.2, 0.25) is 0 Å². The predicted molar refractivity (Wildman–Crippen MR) is 353 cm³/mol. The molecule has 0 bridgehead atoms. The second kappa shape index (κ2) is 32.5. The fourth-order valence-electron chi connectivity index (χ4n) is 9.60. The predicted octanol–water partition coefficient (Wildman–Crippen LogP) is 10.7. The van der Waals surface area contributed by atoms with Crippen LogP contribution < -0.4 is 45.6 Å². The van der Waals surface area contributed by atoms with Crippen LogP contribution in [0.5, 0.6) is 34.5 Å². The van der Waals surface area contributed by atoms with Gasteiger partial charge in [-0.25, -0.2) is 0 Å². The maximum Gasteiger partial charge on any atom is 0.323 e. The van der Waals surface area contributed by atoms with Gasteiger partial charge in [-0.05, 0) is 143 Å². The Labute approximate surface area is 632 Å². The number of hydrogen-bond acceptors (Lipinski definition) is 18. The van der Waals surface area contributed by atoms with Crippen molar-refractivity contribution >= 4 is 17.9 Å². The molecule has 3 saturated heterocycles. The van der Waals surface area contributed by atoms with Crippen LogP contribution in [0.25, 0.3) is 0 Å². The van der Waals surface area contributed by atoms with Crippen LogP contribution in [0.15, 0.2) is 36.4 Å². The SMILES string of the molecule is [2H]C([2H])([2H])Oc1cc2c(cc1OC)C1([2H])CC([2H])(OC(=O)[C@@]([2H])(N)C([2H])(C([2H])([2H])[2H])C([2H])([2H])[2H])C(C([2H])([2H])C([2H])(C)C([2H])([2H])[2H])CN1C([2H])([2H])C2([2H])[2H].[2H]C([2H])([2H])Oc1cc2c(cc1OC)C1([2H])CC([2H])(OC(=O)[C@@]([2H])(N)C([2H])(C([2H])([2H])[2H])C([2H])([2H])[2H])C(C([2H])([2H])C([2H])(C)C([2H])([2H])[2H])CN1C([2H])([2H])C2([2H])[2H].[2H]C1(OC(=O)[C@@]([2H])(N)C([2H])(C([2H])([2H])[2H])C([2H])([2H])[2H])CC2([2H])c3cc(OC)c(OC)cc3C([2H])([2H])C([2H])([2H])N2CC1C([2H])([2H])C([2H])(C)C([2H])([2H])[2H]. The molecule has 6 heterocycles. The number of carbonyl (C=O) groups is 3. The molecule has 504 valence electrons. The lowest BCUT2D eigenvalue weighted by Crippen LogP contribution is -2.51. The van der Waals surface area contributed by atoms with Crippen LogP contribution in [0.3, 0.4) is 0 Å². The molecule has 9 rings (SSSR count). The van der Waals surface area contributed by atoms with Gasteiger partial charge < -0.3 is 59.8 Å². The van der Waals surface area contributed by atoms with Crippen LogP contribution in [-0.4, -0.2) is 151 Å². The maximum atomic E-state index is 13.8. The van der Waals surface area contributed by atoms with E-state index in [1.807, 2.05) is 0 Å². The Morgan fingerprint density at radius 2 is 0.744 bits per heavy atom. The first-order valence-electron chi connectivity index (χ1n) is 59.6. The Balaban J connectivity index is 0.000000316. The van der Waals surface area contributed by atoms with Crippen LogP contribution in [0.1, 0.15) is 263 Å². The van der Waals surface area contributed by atoms with Gasteiger partial charge in [0.25, 0.3) is 0 Å². The molecule has 18 heteroatoms. The zero-order chi connectivity index (χ0) is 123. The molecule has 3 fully saturated rings. The van der Waals surface area contributed by atoms with Crippen molar-refractivity contribution in [2.75, 3.05) is 81.6 Å². The molecule has 90 heavy (non-hydrogen) atoms. The summed E-state index contributed by atoms with van der Waals surface area (Å²) in [7, 11) is -1.91. The van der Waals surface area contributed by atoms with E-state index in [1.54, 1.807) is 0 Å². The van der Waals surface area contributed by atoms with Crippen molar-refractivity contribution < 1.29 is 147 Å². The summed E-state index contributed by atoms with van der Waals surface area (Å²) >= 11 is 0. The second-order valence-electron chi connectivity index (χ2n) is 19.9. The Kier molecular flexibility index (Phi) is 8.70. The largest absolute Gasteiger partial charge is 0.493 e. The molecule has 12 unspecified atom stereocenters. The quantitative estimate of drug-likeness (QED) is 0.0666. The number of fused-ring (bicyclic) bond motifs is 9. The number of hydrogen-bond donors (Lipinski definition) is 3. The number of nitrogens with zero attached hydrogens (tertiary/aromatic N) is 3. The van der Waals surface area contributed by atoms with E-state index in [4.69, 9.17) is 142 Å². The second-order valence-corrected chi connectivity index (χ2v) is 19.9. The highest BCUT2D eigenvalue weighted by molar-refractivity contribution is 5.77. The Morgan fingerprint density at radius 1 is 0.478 bits per heavy atom. The lowest BCUT2D eigenvalue weighted by Gasteiger charge is -2.47. The summed E-state index contributed by atoms with van der Waals surface area (Å²) in [6.07, 6.45) is -35.2. The van der Waals surface area contributed by atoms with E-state index in [2.05, 4.69) is 0 Å². The molecule has 3 aromatic carbocycles. The third kappa shape index (κ3) is 17.5. The van der Waals surface area contributed by atoms with Gasteiger partial charge in [-0.15, -0.1) is 0 Å². The summed E-state index contributed by atoms with van der Waals surface area (Å²) in [6, 6.07) is -15.7. The highest BCUT2D eigenvalue weighted by atomic mass is 16.6. The molecular weight excluding hydrogens is 1140 g/mol. The van der Waals surface area contributed by atoms with Crippen LogP contribution in [-0.2, 0) is 47.7 Å². The molecule has 6 aliphatic rings. The molecule has 0 saturated carbocycles. The number of ether oxygens (including phenoxy) is 9. The van der Waals surface area contributed by atoms with Gasteiger partial charge in [0, 0.05) is 164 Å². The van der Waals surface area contributed by atoms with E-state index < -0.39 is 354 Å². The molecule has 18 nitrogen and oxygen atoms in total. The number of rotatable bonds is 21. The van der Waals surface area contributed by atoms with Crippen LogP contribution >= 0.6 is 0 Å². The molecule has 0 radical (unpaired) electrons. The van der Waals surface area contributed by atoms with E-state index in [9.17, 15) is 22.6 Å². The maximum absolute atomic E-state index is 13.8. The average Bonchev–Trinajstić information content (AvgIpc) is 0.675. The van der Waals surface area contributed by atoms with Gasteiger partial charge in [-0.1, -0.05) is 82.4 Å². The minimum atomic E-state index is -4.20. The number of carbonyl (C=O) groups excluding carboxylic acids is 3. The number of aryl methyl sites for hydroxylation is 3. The Bertz CT molecular complexity index is 5520. The Hall–Kier alpha value is -5.37. The molecule has 6 aliphatic heterocycles. The third-order valence-corrected chi connectivity index (χ3v) is 13.8. The number of esters is 3. The van der Waals surface area contributed by atoms with E-state index >= 15 is 0 Å². The molecule has 0 aromatic heterocycles. The minimum Gasteiger partial charge on any atom is -0.493 e. The summed E-state index contributed by atoms with van der Waals surface area (Å²) in [5.41, 5.74) is 13.3. The van der Waals surface area contributed by atoms with Gasteiger partial charge in [0.2, 0.25) is 0 Å². The highest BCUT2D eigenvalue weighted by Crippen LogP contribution is 2.48. The van der Waals surface area contributed by atoms with Crippen molar-refractivity contribution in [2.45, 2.75) is 194 Å². The molecule has 6 N–H and O–H groups in total. The van der Waals surface area contributed by atoms with Crippen molar-refractivity contribution in [1.29, 1.82) is 0 Å². The van der Waals surface area contributed by atoms with Gasteiger partial charge in [0.05, 0.1) is 63.1 Å². The Morgan fingerprint density at radius 3 is 0.989 bits per heavy atom. The van der Waals surface area contributed by atoms with Crippen molar-refractivity contribution in [1.82, 2.24) is 14.7 Å². The molecule has 15 atom stereocenters. The zero-order valence-corrected chi connectivity index (χ0v) is 49.4. The van der Waals surface area contributed by atoms with Gasteiger partial charge in [-0.2, -0.15) is 0 Å². The standard InChI is InChI=1S/3C24H38N2O4/c3*1-14(2)9-17-13-26-8-7-16-10-21(28-5)22(29-6)11-18(16)19(26)12-20(17)30-24(27)23(25)15(3)4/h3*10-11,14-15,17,19-20,23H,7-9,12-13,25H2,1-6H3/t3*17?,19?,20?,23-/m000/s1/i2*1D3,3D3,4D3,5D3,7D2,8D2,9D2,14D,15D,19D,20D,23D;1D3,3D3,4D3,7D2,8D2,9D2,14D,15D,19D,20D,23D/t3*14?,17?,19?,20?,23-. The normalized spacial score (nSPS) is 49.3. The smallest absolute Gasteiger partial charge is 0.323 e. The minimum absolute atomic E-state index is 0.109. The number of piperidine rings is 3. The van der Waals surface area contributed by atoms with E-state index in [1.165, 1.54) is 14.2 Å². The first-order chi connectivity index (χ1) is 68.0. The number of benzene rings is 3. The molecule has 0 spiro atoms. The third-order valence-electron chi connectivity index (χ3n) is 13.8. The molecular formula is C72H114N6O12. The van der Waals surface area contributed by atoms with Gasteiger partial charge in [0.1, 0.15) is 36.3 Å². The van der Waals surface area contributed by atoms with Gasteiger partial charge >= 0.3 is 17.9 Å². The average molecular weight is 1320 g/mol. The van der Waals surface area contributed by atoms with Crippen LogP contribution in [0.4, 0.5) is 0 Å². The fraction of sp³-hybridized carbons (Fsp3) is 0.708. The van der Waals surface area contributed by atoms with Crippen molar-refractivity contribution in [3.63, 3.8) is 0 Å². The van der Waals surface area contributed by atoms with E-state index in [0.29, 0.717) is 47.6 Å². The number of nitrogens with two attached hydrogens (primary N) is 3. The highest BCUT2D eigenvalue weighted by Gasteiger charge is 2.45. The molecule has 0 amide bonds. The summed E-state index contributed by atoms with van der Waals surface area (Å²) in [6.45, 7) is -47.3. The first kappa shape index (κ1) is 24.1. The fourth-order valence-corrected chi connectivity index (χ4v) is 9.60. The van der Waals surface area contributed by atoms with E-state index in [-0.39, 0.29) is 11.5 Å². The topological polar surface area (TPSA) is 222 Å². The molecule has 3 aromatic rings. The lowest BCUT2D eigenvalue weighted by atomic mass is 9.79. The summed E-state index contributed by atoms with van der Waals surface area (Å²) in [5.74, 6) is -39.8. The first-order valence-corrected chi connectivity index (χ1v) is 26.6. The zero-order valence-electron chi connectivity index (χ0n) is 115. The van der Waals surface area contributed by atoms with Crippen molar-refractivity contribution in [3.8, 4) is 34.5 Å². The van der Waals surface area contributed by atoms with Crippen LogP contribution in [0, 0.1) is 53.1 Å². The summed E-state index contributed by atoms with van der Waals surface area (Å²) in [5, 5.41) is 0. The molecule has 0 aliphatic carbocycles. The summed E-state index contributed by atoms with van der Waals surface area (Å²) in [4.78, 5) is 42.4. The summed E-state index contributed by atoms with van der Waals surface area (Å²) < 4.78 is 592.